The molecule has 22 heavy (non-hydrogen) atoms. The molecule has 0 aliphatic carbocycles. The smallest absolute Gasteiger partial charge is 0.317 e. The molecule has 1 spiro atoms. The number of hydrogen-bond acceptors (Lipinski definition) is 2. The molecule has 5 nitrogen and oxygen atoms in total. The van der Waals surface area contributed by atoms with Gasteiger partial charge in [-0.2, -0.15) is 0 Å². The van der Waals surface area contributed by atoms with Gasteiger partial charge in [-0.1, -0.05) is 34.6 Å². The van der Waals surface area contributed by atoms with Gasteiger partial charge in [-0.05, 0) is 23.7 Å². The summed E-state index contributed by atoms with van der Waals surface area (Å²) >= 11 is 0. The van der Waals surface area contributed by atoms with Gasteiger partial charge < -0.3 is 15.5 Å². The van der Waals surface area contributed by atoms with Crippen LogP contribution in [0.5, 0.6) is 0 Å². The Morgan fingerprint density at radius 2 is 2.00 bits per heavy atom. The van der Waals surface area contributed by atoms with Crippen LogP contribution in [0, 0.1) is 16.2 Å². The summed E-state index contributed by atoms with van der Waals surface area (Å²) in [6.45, 7) is 13.8. The van der Waals surface area contributed by atoms with E-state index >= 15 is 0 Å². The predicted molar refractivity (Wildman–Crippen MR) is 87.5 cm³/mol. The summed E-state index contributed by atoms with van der Waals surface area (Å²) < 4.78 is 0. The molecule has 2 aliphatic heterocycles. The lowest BCUT2D eigenvalue weighted by Crippen LogP contribution is -2.52. The number of likely N-dealkylation sites (tertiary alicyclic amines) is 1. The van der Waals surface area contributed by atoms with Gasteiger partial charge in [0.25, 0.3) is 0 Å². The van der Waals surface area contributed by atoms with Crippen LogP contribution in [0.1, 0.15) is 53.9 Å². The first-order chi connectivity index (χ1) is 10.0. The SMILES string of the molecule is CC(C)(C)C(C)(C)CNC(=O)N1CCCC2(CNC(=O)C2)C1. The van der Waals surface area contributed by atoms with E-state index in [1.165, 1.54) is 0 Å². The molecular formula is C17H31N3O2. The summed E-state index contributed by atoms with van der Waals surface area (Å²) in [5.74, 6) is 0.121. The zero-order chi connectivity index (χ0) is 16.6. The van der Waals surface area contributed by atoms with Crippen LogP contribution in [0.15, 0.2) is 0 Å². The molecule has 2 N–H and O–H groups in total. The monoisotopic (exact) mass is 309 g/mol. The molecule has 0 aromatic rings. The summed E-state index contributed by atoms with van der Waals surface area (Å²) in [5.41, 5.74) is 0.123. The molecule has 2 aliphatic rings. The van der Waals surface area contributed by atoms with E-state index < -0.39 is 0 Å². The third-order valence-corrected chi connectivity index (χ3v) is 5.86. The molecule has 2 heterocycles. The quantitative estimate of drug-likeness (QED) is 0.822. The van der Waals surface area contributed by atoms with Crippen molar-refractivity contribution in [2.24, 2.45) is 16.2 Å². The molecule has 2 fully saturated rings. The molecule has 0 saturated carbocycles. The fourth-order valence-corrected chi connectivity index (χ4v) is 3.10. The number of hydrogen-bond donors (Lipinski definition) is 2. The van der Waals surface area contributed by atoms with E-state index in [4.69, 9.17) is 0 Å². The largest absolute Gasteiger partial charge is 0.355 e. The lowest BCUT2D eigenvalue weighted by Gasteiger charge is -2.41. The molecule has 3 amide bonds. The normalized spacial score (nSPS) is 26.2. The minimum atomic E-state index is -0.0355. The van der Waals surface area contributed by atoms with Crippen LogP contribution in [-0.2, 0) is 4.79 Å². The molecular weight excluding hydrogens is 278 g/mol. The van der Waals surface area contributed by atoms with Gasteiger partial charge in [0.2, 0.25) is 5.91 Å². The van der Waals surface area contributed by atoms with E-state index in [0.29, 0.717) is 26.1 Å². The lowest BCUT2D eigenvalue weighted by molar-refractivity contribution is -0.119. The van der Waals surface area contributed by atoms with Crippen molar-refractivity contribution >= 4 is 11.9 Å². The number of carbonyl (C=O) groups is 2. The van der Waals surface area contributed by atoms with Gasteiger partial charge >= 0.3 is 6.03 Å². The average molecular weight is 309 g/mol. The molecule has 126 valence electrons. The van der Waals surface area contributed by atoms with Crippen LogP contribution in [0.3, 0.4) is 0 Å². The Bertz CT molecular complexity index is 453. The van der Waals surface area contributed by atoms with Crippen LogP contribution in [0.4, 0.5) is 4.79 Å². The lowest BCUT2D eigenvalue weighted by atomic mass is 9.69. The number of nitrogens with one attached hydrogen (secondary N) is 2. The highest BCUT2D eigenvalue weighted by molar-refractivity contribution is 5.80. The van der Waals surface area contributed by atoms with E-state index in [9.17, 15) is 9.59 Å². The van der Waals surface area contributed by atoms with Gasteiger partial charge in [-0.25, -0.2) is 4.79 Å². The maximum Gasteiger partial charge on any atom is 0.317 e. The topological polar surface area (TPSA) is 61.4 Å². The van der Waals surface area contributed by atoms with Crippen molar-refractivity contribution in [3.8, 4) is 0 Å². The molecule has 0 bridgehead atoms. The number of urea groups is 1. The summed E-state index contributed by atoms with van der Waals surface area (Å²) in [4.78, 5) is 25.9. The predicted octanol–water partition coefficient (Wildman–Crippen LogP) is 2.37. The zero-order valence-corrected chi connectivity index (χ0v) is 14.7. The van der Waals surface area contributed by atoms with Crippen LogP contribution >= 0.6 is 0 Å². The van der Waals surface area contributed by atoms with E-state index in [-0.39, 0.29) is 28.2 Å². The number of piperidine rings is 1. The van der Waals surface area contributed by atoms with Gasteiger partial charge in [0.15, 0.2) is 0 Å². The van der Waals surface area contributed by atoms with E-state index in [0.717, 1.165) is 19.4 Å². The van der Waals surface area contributed by atoms with Gasteiger partial charge in [0.1, 0.15) is 0 Å². The summed E-state index contributed by atoms with van der Waals surface area (Å²) in [6, 6.07) is 0.00995. The van der Waals surface area contributed by atoms with Gasteiger partial charge in [0, 0.05) is 38.0 Å². The van der Waals surface area contributed by atoms with Crippen molar-refractivity contribution in [3.05, 3.63) is 0 Å². The Hall–Kier alpha value is -1.26. The van der Waals surface area contributed by atoms with Crippen molar-refractivity contribution in [1.82, 2.24) is 15.5 Å². The molecule has 2 saturated heterocycles. The first-order valence-corrected chi connectivity index (χ1v) is 8.34. The third-order valence-electron chi connectivity index (χ3n) is 5.86. The minimum absolute atomic E-state index is 0.00995. The van der Waals surface area contributed by atoms with Crippen molar-refractivity contribution in [2.75, 3.05) is 26.2 Å². The first-order valence-electron chi connectivity index (χ1n) is 8.34. The number of carbonyl (C=O) groups excluding carboxylic acids is 2. The first kappa shape index (κ1) is 17.1. The van der Waals surface area contributed by atoms with Crippen LogP contribution in [0.2, 0.25) is 0 Å². The van der Waals surface area contributed by atoms with Crippen LogP contribution in [-0.4, -0.2) is 43.0 Å². The van der Waals surface area contributed by atoms with Crippen molar-refractivity contribution in [2.45, 2.75) is 53.9 Å². The second-order valence-electron chi connectivity index (χ2n) is 8.77. The number of rotatable bonds is 2. The third kappa shape index (κ3) is 3.55. The van der Waals surface area contributed by atoms with Crippen molar-refractivity contribution in [3.63, 3.8) is 0 Å². The fourth-order valence-electron chi connectivity index (χ4n) is 3.10. The minimum Gasteiger partial charge on any atom is -0.355 e. The summed E-state index contributed by atoms with van der Waals surface area (Å²) in [5, 5.41) is 6.02. The number of amides is 3. The number of nitrogens with zero attached hydrogens (tertiary/aromatic N) is 1. The molecule has 0 aromatic heterocycles. The summed E-state index contributed by atoms with van der Waals surface area (Å²) in [7, 11) is 0. The van der Waals surface area contributed by atoms with Crippen molar-refractivity contribution in [1.29, 1.82) is 0 Å². The highest BCUT2D eigenvalue weighted by Crippen LogP contribution is 2.38. The zero-order valence-electron chi connectivity index (χ0n) is 14.7. The molecule has 2 rings (SSSR count). The molecule has 0 radical (unpaired) electrons. The Morgan fingerprint density at radius 1 is 1.32 bits per heavy atom. The molecule has 1 atom stereocenters. The van der Waals surface area contributed by atoms with Gasteiger partial charge in [-0.3, -0.25) is 4.79 Å². The Labute approximate surface area is 134 Å². The second kappa shape index (κ2) is 5.74. The maximum atomic E-state index is 12.5. The van der Waals surface area contributed by atoms with Crippen LogP contribution in [0.25, 0.3) is 0 Å². The van der Waals surface area contributed by atoms with E-state index in [2.05, 4.69) is 45.3 Å². The highest BCUT2D eigenvalue weighted by Gasteiger charge is 2.43. The Balaban J connectivity index is 1.92. The molecule has 5 heteroatoms. The highest BCUT2D eigenvalue weighted by atomic mass is 16.2. The maximum absolute atomic E-state index is 12.5. The average Bonchev–Trinajstić information content (AvgIpc) is 2.75. The van der Waals surface area contributed by atoms with Gasteiger partial charge in [-0.15, -0.1) is 0 Å². The van der Waals surface area contributed by atoms with Crippen molar-refractivity contribution < 1.29 is 9.59 Å². The summed E-state index contributed by atoms with van der Waals surface area (Å²) in [6.07, 6.45) is 2.57. The fraction of sp³-hybridized carbons (Fsp3) is 0.882. The molecule has 1 unspecified atom stereocenters. The van der Waals surface area contributed by atoms with Crippen LogP contribution < -0.4 is 10.6 Å². The van der Waals surface area contributed by atoms with Gasteiger partial charge in [0.05, 0.1) is 0 Å². The van der Waals surface area contributed by atoms with E-state index in [1.807, 2.05) is 4.90 Å². The standard InChI is InChI=1S/C17H31N3O2/c1-15(2,3)16(4,5)10-19-14(22)20-8-6-7-17(12-20)9-13(21)18-11-17/h6-12H2,1-5H3,(H,18,21)(H,19,22). The molecule has 0 aromatic carbocycles. The second-order valence-corrected chi connectivity index (χ2v) is 8.77. The van der Waals surface area contributed by atoms with E-state index in [1.54, 1.807) is 0 Å². The Morgan fingerprint density at radius 3 is 2.55 bits per heavy atom. The Kier molecular flexibility index (Phi) is 4.46.